The zero-order valence-electron chi connectivity index (χ0n) is 8.05. The first-order valence-electron chi connectivity index (χ1n) is 4.32. The van der Waals surface area contributed by atoms with Crippen LogP contribution in [0, 0.1) is 0 Å². The highest BCUT2D eigenvalue weighted by atomic mass is 79.9. The SMILES string of the molecule is O=C(CBr)c1ccccc1OCC(F)(F)F. The van der Waals surface area contributed by atoms with Gasteiger partial charge < -0.3 is 4.74 Å². The summed E-state index contributed by atoms with van der Waals surface area (Å²) in [5, 5.41) is 0.0411. The molecule has 0 heterocycles. The minimum absolute atomic E-state index is 0.0411. The van der Waals surface area contributed by atoms with Gasteiger partial charge in [0.1, 0.15) is 5.75 Å². The Bertz CT molecular complexity index is 377. The maximum atomic E-state index is 11.9. The Kier molecular flexibility index (Phi) is 4.35. The van der Waals surface area contributed by atoms with Crippen molar-refractivity contribution in [2.75, 3.05) is 11.9 Å². The summed E-state index contributed by atoms with van der Waals surface area (Å²) in [6, 6.07) is 5.84. The molecule has 0 fully saturated rings. The van der Waals surface area contributed by atoms with E-state index in [4.69, 9.17) is 0 Å². The van der Waals surface area contributed by atoms with Gasteiger partial charge in [-0.2, -0.15) is 13.2 Å². The summed E-state index contributed by atoms with van der Waals surface area (Å²) in [5.74, 6) is -0.373. The van der Waals surface area contributed by atoms with Crippen molar-refractivity contribution in [3.05, 3.63) is 29.8 Å². The van der Waals surface area contributed by atoms with Crippen molar-refractivity contribution in [1.29, 1.82) is 0 Å². The van der Waals surface area contributed by atoms with Crippen LogP contribution < -0.4 is 4.74 Å². The molecule has 0 aromatic heterocycles. The lowest BCUT2D eigenvalue weighted by Gasteiger charge is -2.11. The Hall–Kier alpha value is -1.04. The Morgan fingerprint density at radius 2 is 1.94 bits per heavy atom. The molecule has 0 N–H and O–H groups in total. The fraction of sp³-hybridized carbons (Fsp3) is 0.300. The molecule has 0 atom stereocenters. The highest BCUT2D eigenvalue weighted by molar-refractivity contribution is 9.09. The lowest BCUT2D eigenvalue weighted by Crippen LogP contribution is -2.20. The second-order valence-corrected chi connectivity index (χ2v) is 3.52. The van der Waals surface area contributed by atoms with Crippen molar-refractivity contribution in [1.82, 2.24) is 0 Å². The van der Waals surface area contributed by atoms with Gasteiger partial charge in [-0.15, -0.1) is 0 Å². The first-order chi connectivity index (χ1) is 7.44. The van der Waals surface area contributed by atoms with Crippen LogP contribution in [0.15, 0.2) is 24.3 Å². The molecule has 0 saturated carbocycles. The fourth-order valence-electron chi connectivity index (χ4n) is 1.05. The third-order valence-electron chi connectivity index (χ3n) is 1.70. The van der Waals surface area contributed by atoms with E-state index in [2.05, 4.69) is 20.7 Å². The van der Waals surface area contributed by atoms with Crippen LogP contribution >= 0.6 is 15.9 Å². The van der Waals surface area contributed by atoms with E-state index in [9.17, 15) is 18.0 Å². The van der Waals surface area contributed by atoms with Gasteiger partial charge in [0.25, 0.3) is 0 Å². The number of alkyl halides is 4. The Labute approximate surface area is 98.5 Å². The first-order valence-corrected chi connectivity index (χ1v) is 5.44. The predicted molar refractivity (Wildman–Crippen MR) is 56.1 cm³/mol. The average Bonchev–Trinajstić information content (AvgIpc) is 2.25. The Morgan fingerprint density at radius 3 is 2.50 bits per heavy atom. The fourth-order valence-corrected chi connectivity index (χ4v) is 1.36. The Balaban J connectivity index is 2.83. The van der Waals surface area contributed by atoms with Crippen molar-refractivity contribution in [3.63, 3.8) is 0 Å². The number of ketones is 1. The summed E-state index contributed by atoms with van der Waals surface area (Å²) in [6.07, 6.45) is -4.41. The number of hydrogen-bond donors (Lipinski definition) is 0. The van der Waals surface area contributed by atoms with Crippen LogP contribution in [0.3, 0.4) is 0 Å². The predicted octanol–water partition coefficient (Wildman–Crippen LogP) is 3.21. The molecular formula is C10H8BrF3O2. The van der Waals surface area contributed by atoms with Gasteiger partial charge in [0.2, 0.25) is 0 Å². The molecule has 0 unspecified atom stereocenters. The molecule has 0 bridgehead atoms. The summed E-state index contributed by atoms with van der Waals surface area (Å²) < 4.78 is 40.4. The lowest BCUT2D eigenvalue weighted by molar-refractivity contribution is -0.153. The van der Waals surface area contributed by atoms with Crippen LogP contribution in [0.1, 0.15) is 10.4 Å². The van der Waals surface area contributed by atoms with Gasteiger partial charge >= 0.3 is 6.18 Å². The molecule has 0 saturated heterocycles. The molecular weight excluding hydrogens is 289 g/mol. The Morgan fingerprint density at radius 1 is 1.31 bits per heavy atom. The number of carbonyl (C=O) groups excluding carboxylic acids is 1. The molecule has 0 spiro atoms. The number of rotatable bonds is 4. The molecule has 1 aromatic rings. The average molecular weight is 297 g/mol. The zero-order chi connectivity index (χ0) is 12.2. The van der Waals surface area contributed by atoms with Crippen molar-refractivity contribution in [3.8, 4) is 5.75 Å². The lowest BCUT2D eigenvalue weighted by atomic mass is 10.1. The van der Waals surface area contributed by atoms with Crippen LogP contribution in [0.25, 0.3) is 0 Å². The largest absolute Gasteiger partial charge is 0.483 e. The van der Waals surface area contributed by atoms with Crippen LogP contribution in [0.2, 0.25) is 0 Å². The van der Waals surface area contributed by atoms with E-state index in [0.29, 0.717) is 0 Å². The van der Waals surface area contributed by atoms with Gasteiger partial charge in [-0.1, -0.05) is 28.1 Å². The van der Waals surface area contributed by atoms with Gasteiger partial charge in [-0.25, -0.2) is 0 Å². The van der Waals surface area contributed by atoms with E-state index in [1.165, 1.54) is 18.2 Å². The number of benzene rings is 1. The van der Waals surface area contributed by atoms with Crippen molar-refractivity contribution >= 4 is 21.7 Å². The smallest absolute Gasteiger partial charge is 0.422 e. The van der Waals surface area contributed by atoms with Crippen molar-refractivity contribution in [2.24, 2.45) is 0 Å². The normalized spacial score (nSPS) is 11.2. The third kappa shape index (κ3) is 3.84. The number of ether oxygens (including phenoxy) is 1. The molecule has 0 radical (unpaired) electrons. The molecule has 16 heavy (non-hydrogen) atoms. The first kappa shape index (κ1) is 13.0. The summed E-state index contributed by atoms with van der Waals surface area (Å²) in [4.78, 5) is 11.4. The van der Waals surface area contributed by atoms with E-state index < -0.39 is 12.8 Å². The number of Topliss-reactive ketones (excluding diaryl/α,β-unsaturated/α-hetero) is 1. The third-order valence-corrected chi connectivity index (χ3v) is 2.21. The molecule has 88 valence electrons. The molecule has 0 aliphatic rings. The number of hydrogen-bond acceptors (Lipinski definition) is 2. The van der Waals surface area contributed by atoms with Gasteiger partial charge in [0.15, 0.2) is 12.4 Å². The molecule has 6 heteroatoms. The zero-order valence-corrected chi connectivity index (χ0v) is 9.64. The summed E-state index contributed by atoms with van der Waals surface area (Å²) in [5.41, 5.74) is 0.142. The maximum absolute atomic E-state index is 11.9. The topological polar surface area (TPSA) is 26.3 Å². The van der Waals surface area contributed by atoms with Crippen molar-refractivity contribution < 1.29 is 22.7 Å². The van der Waals surface area contributed by atoms with Gasteiger partial charge in [0.05, 0.1) is 10.9 Å². The monoisotopic (exact) mass is 296 g/mol. The van der Waals surface area contributed by atoms with Gasteiger partial charge in [0, 0.05) is 0 Å². The van der Waals surface area contributed by atoms with Crippen LogP contribution in [0.4, 0.5) is 13.2 Å². The minimum Gasteiger partial charge on any atom is -0.483 e. The summed E-state index contributed by atoms with van der Waals surface area (Å²) >= 11 is 2.95. The summed E-state index contributed by atoms with van der Waals surface area (Å²) in [6.45, 7) is -1.40. The second-order valence-electron chi connectivity index (χ2n) is 2.96. The van der Waals surface area contributed by atoms with Crippen LogP contribution in [-0.2, 0) is 0 Å². The quantitative estimate of drug-likeness (QED) is 0.630. The summed E-state index contributed by atoms with van der Waals surface area (Å²) in [7, 11) is 0. The molecule has 2 nitrogen and oxygen atoms in total. The van der Waals surface area contributed by atoms with E-state index in [0.717, 1.165) is 0 Å². The van der Waals surface area contributed by atoms with E-state index in [-0.39, 0.29) is 22.4 Å². The number of para-hydroxylation sites is 1. The highest BCUT2D eigenvalue weighted by Crippen LogP contribution is 2.22. The molecule has 1 aromatic carbocycles. The molecule has 1 rings (SSSR count). The van der Waals surface area contributed by atoms with E-state index in [1.54, 1.807) is 6.07 Å². The molecule has 0 aliphatic heterocycles. The van der Waals surface area contributed by atoms with Gasteiger partial charge in [-0.05, 0) is 12.1 Å². The van der Waals surface area contributed by atoms with Gasteiger partial charge in [-0.3, -0.25) is 4.79 Å². The van der Waals surface area contributed by atoms with E-state index >= 15 is 0 Å². The van der Waals surface area contributed by atoms with Crippen LogP contribution in [-0.4, -0.2) is 23.9 Å². The maximum Gasteiger partial charge on any atom is 0.422 e. The van der Waals surface area contributed by atoms with Crippen molar-refractivity contribution in [2.45, 2.75) is 6.18 Å². The van der Waals surface area contributed by atoms with Crippen LogP contribution in [0.5, 0.6) is 5.75 Å². The molecule has 0 amide bonds. The standard InChI is InChI=1S/C10H8BrF3O2/c11-5-8(15)7-3-1-2-4-9(7)16-6-10(12,13)14/h1-4H,5-6H2. The minimum atomic E-state index is -4.41. The molecule has 0 aliphatic carbocycles. The number of halogens is 4. The highest BCUT2D eigenvalue weighted by Gasteiger charge is 2.29. The van der Waals surface area contributed by atoms with E-state index in [1.807, 2.05) is 0 Å². The number of carbonyl (C=O) groups is 1. The second kappa shape index (κ2) is 5.34.